The van der Waals surface area contributed by atoms with Crippen molar-refractivity contribution in [2.45, 2.75) is 24.9 Å². The number of aromatic carboxylic acids is 1. The highest BCUT2D eigenvalue weighted by molar-refractivity contribution is 5.87. The van der Waals surface area contributed by atoms with Crippen molar-refractivity contribution in [2.75, 3.05) is 6.61 Å². The van der Waals surface area contributed by atoms with Gasteiger partial charge in [0.15, 0.2) is 0 Å². The van der Waals surface area contributed by atoms with E-state index in [-0.39, 0.29) is 23.6 Å². The Bertz CT molecular complexity index is 843. The van der Waals surface area contributed by atoms with Crippen molar-refractivity contribution < 1.29 is 14.6 Å². The van der Waals surface area contributed by atoms with Crippen LogP contribution in [0.15, 0.2) is 59.4 Å². The minimum atomic E-state index is -0.920. The molecule has 1 aromatic rings. The fraction of sp³-hybridized carbons (Fsp3) is 0.300. The lowest BCUT2D eigenvalue weighted by Gasteiger charge is -2.42. The maximum Gasteiger partial charge on any atom is 0.335 e. The summed E-state index contributed by atoms with van der Waals surface area (Å²) in [5, 5.41) is 21.9. The van der Waals surface area contributed by atoms with Gasteiger partial charge >= 0.3 is 5.97 Å². The summed E-state index contributed by atoms with van der Waals surface area (Å²) in [5.74, 6) is 0.245. The largest absolute Gasteiger partial charge is 0.497 e. The molecule has 126 valence electrons. The fourth-order valence-electron chi connectivity index (χ4n) is 3.86. The van der Waals surface area contributed by atoms with Gasteiger partial charge in [0.1, 0.15) is 5.76 Å². The molecule has 1 unspecified atom stereocenters. The summed E-state index contributed by atoms with van der Waals surface area (Å²) in [6.07, 6.45) is 7.73. The molecule has 1 fully saturated rings. The van der Waals surface area contributed by atoms with Gasteiger partial charge < -0.3 is 9.84 Å². The van der Waals surface area contributed by atoms with E-state index in [1.54, 1.807) is 12.1 Å². The summed E-state index contributed by atoms with van der Waals surface area (Å²) in [5.41, 5.74) is 3.02. The van der Waals surface area contributed by atoms with Crippen LogP contribution in [0.1, 0.15) is 34.8 Å². The summed E-state index contributed by atoms with van der Waals surface area (Å²) < 4.78 is 6.02. The summed E-state index contributed by atoms with van der Waals surface area (Å²) in [6.45, 7) is 0.701. The standard InChI is InChI=1S/C20H18N2O3/c21-11-12-3-8-17-16(10-12)19-15(2-1-9-25-19)18(22-17)13-4-6-14(7-5-13)20(23)24/h3-8,10,15,17-18,22H,1-2,9H2,(H,23,24)/t15-,17?,18-/m1/s1. The summed E-state index contributed by atoms with van der Waals surface area (Å²) >= 11 is 0. The molecule has 1 saturated heterocycles. The molecule has 0 bridgehead atoms. The lowest BCUT2D eigenvalue weighted by Crippen LogP contribution is -2.45. The number of carbonyl (C=O) groups is 1. The van der Waals surface area contributed by atoms with Crippen molar-refractivity contribution in [3.8, 4) is 6.07 Å². The molecular formula is C20H18N2O3. The van der Waals surface area contributed by atoms with Crippen LogP contribution >= 0.6 is 0 Å². The number of allylic oxidation sites excluding steroid dienone is 2. The third kappa shape index (κ3) is 2.75. The van der Waals surface area contributed by atoms with Gasteiger partial charge in [-0.15, -0.1) is 0 Å². The van der Waals surface area contributed by atoms with Gasteiger partial charge in [0.2, 0.25) is 0 Å². The Kier molecular flexibility index (Phi) is 3.90. The number of fused-ring (bicyclic) bond motifs is 2. The zero-order valence-corrected chi connectivity index (χ0v) is 13.6. The summed E-state index contributed by atoms with van der Waals surface area (Å²) in [4.78, 5) is 11.1. The van der Waals surface area contributed by atoms with Gasteiger partial charge in [-0.05, 0) is 42.7 Å². The van der Waals surface area contributed by atoms with Crippen molar-refractivity contribution in [3.05, 3.63) is 70.5 Å². The van der Waals surface area contributed by atoms with Crippen LogP contribution in [0, 0.1) is 17.2 Å². The van der Waals surface area contributed by atoms with E-state index >= 15 is 0 Å². The van der Waals surface area contributed by atoms with Crippen LogP contribution in [0.25, 0.3) is 0 Å². The van der Waals surface area contributed by atoms with Crippen LogP contribution in [-0.2, 0) is 4.74 Å². The minimum Gasteiger partial charge on any atom is -0.497 e. The van der Waals surface area contributed by atoms with E-state index in [0.29, 0.717) is 12.2 Å². The number of carboxylic acids is 1. The topological polar surface area (TPSA) is 82.3 Å². The average Bonchev–Trinajstić information content (AvgIpc) is 2.67. The normalized spacial score (nSPS) is 27.5. The number of nitrogens with one attached hydrogen (secondary N) is 1. The highest BCUT2D eigenvalue weighted by atomic mass is 16.5. The van der Waals surface area contributed by atoms with Crippen molar-refractivity contribution in [2.24, 2.45) is 5.92 Å². The second kappa shape index (κ2) is 6.23. The second-order valence-corrected chi connectivity index (χ2v) is 6.54. The van der Waals surface area contributed by atoms with Gasteiger partial charge in [-0.3, -0.25) is 5.32 Å². The van der Waals surface area contributed by atoms with Gasteiger partial charge in [-0.1, -0.05) is 18.2 Å². The number of nitriles is 1. The third-order valence-electron chi connectivity index (χ3n) is 5.06. The van der Waals surface area contributed by atoms with Crippen LogP contribution in [0.3, 0.4) is 0 Å². The average molecular weight is 334 g/mol. The fourth-order valence-corrected chi connectivity index (χ4v) is 3.86. The number of hydrogen-bond acceptors (Lipinski definition) is 4. The van der Waals surface area contributed by atoms with Gasteiger partial charge in [0.05, 0.1) is 29.9 Å². The van der Waals surface area contributed by atoms with E-state index in [0.717, 1.165) is 29.7 Å². The predicted octanol–water partition coefficient (Wildman–Crippen LogP) is 3.10. The number of ether oxygens (including phenoxy) is 1. The Hall–Kier alpha value is -2.84. The Morgan fingerprint density at radius 1 is 1.32 bits per heavy atom. The molecule has 3 atom stereocenters. The van der Waals surface area contributed by atoms with Crippen LogP contribution in [-0.4, -0.2) is 23.7 Å². The van der Waals surface area contributed by atoms with Crippen LogP contribution in [0.4, 0.5) is 0 Å². The first kappa shape index (κ1) is 15.7. The molecule has 2 aliphatic heterocycles. The minimum absolute atomic E-state index is 0.00519. The van der Waals surface area contributed by atoms with Gasteiger partial charge in [-0.25, -0.2) is 4.79 Å². The number of rotatable bonds is 2. The molecule has 2 heterocycles. The van der Waals surface area contributed by atoms with Crippen molar-refractivity contribution in [3.63, 3.8) is 0 Å². The lowest BCUT2D eigenvalue weighted by molar-refractivity contribution is 0.0696. The first-order chi connectivity index (χ1) is 12.2. The van der Waals surface area contributed by atoms with E-state index in [9.17, 15) is 10.1 Å². The monoisotopic (exact) mass is 334 g/mol. The molecular weight excluding hydrogens is 316 g/mol. The highest BCUT2D eigenvalue weighted by Crippen LogP contribution is 2.43. The van der Waals surface area contributed by atoms with Crippen molar-refractivity contribution in [1.82, 2.24) is 5.32 Å². The maximum atomic E-state index is 11.1. The molecule has 4 rings (SSSR count). The van der Waals surface area contributed by atoms with E-state index in [2.05, 4.69) is 11.4 Å². The quantitative estimate of drug-likeness (QED) is 0.868. The van der Waals surface area contributed by atoms with Crippen molar-refractivity contribution >= 4 is 5.97 Å². The smallest absolute Gasteiger partial charge is 0.335 e. The molecule has 0 radical (unpaired) electrons. The molecule has 0 aromatic heterocycles. The zero-order valence-electron chi connectivity index (χ0n) is 13.6. The summed E-state index contributed by atoms with van der Waals surface area (Å²) in [6, 6.07) is 9.31. The van der Waals surface area contributed by atoms with E-state index < -0.39 is 5.97 Å². The Morgan fingerprint density at radius 3 is 2.84 bits per heavy atom. The van der Waals surface area contributed by atoms with Crippen LogP contribution in [0.2, 0.25) is 0 Å². The molecule has 1 aromatic carbocycles. The third-order valence-corrected chi connectivity index (χ3v) is 5.06. The molecule has 3 aliphatic rings. The molecule has 1 aliphatic carbocycles. The van der Waals surface area contributed by atoms with Crippen LogP contribution < -0.4 is 5.32 Å². The van der Waals surface area contributed by atoms with E-state index in [4.69, 9.17) is 9.84 Å². The second-order valence-electron chi connectivity index (χ2n) is 6.54. The summed E-state index contributed by atoms with van der Waals surface area (Å²) in [7, 11) is 0. The number of nitrogens with zero attached hydrogens (tertiary/aromatic N) is 1. The molecule has 5 heteroatoms. The van der Waals surface area contributed by atoms with Gasteiger partial charge in [0.25, 0.3) is 0 Å². The molecule has 5 nitrogen and oxygen atoms in total. The van der Waals surface area contributed by atoms with Gasteiger partial charge in [-0.2, -0.15) is 5.26 Å². The highest BCUT2D eigenvalue weighted by Gasteiger charge is 2.39. The SMILES string of the molecule is N#CC1=CC2=C3OCCC[C@@H]3[C@@H](c3ccc(C(=O)O)cc3)NC2C=C1. The molecule has 2 N–H and O–H groups in total. The van der Waals surface area contributed by atoms with E-state index in [1.807, 2.05) is 30.4 Å². The molecule has 0 amide bonds. The number of carboxylic acid groups (broad SMARTS) is 1. The predicted molar refractivity (Wildman–Crippen MR) is 91.6 cm³/mol. The number of hydrogen-bond donors (Lipinski definition) is 2. The first-order valence-corrected chi connectivity index (χ1v) is 8.43. The van der Waals surface area contributed by atoms with Gasteiger partial charge in [0, 0.05) is 17.5 Å². The molecule has 0 spiro atoms. The maximum absolute atomic E-state index is 11.1. The Morgan fingerprint density at radius 2 is 2.12 bits per heavy atom. The Labute approximate surface area is 145 Å². The first-order valence-electron chi connectivity index (χ1n) is 8.43. The molecule has 25 heavy (non-hydrogen) atoms. The lowest BCUT2D eigenvalue weighted by atomic mass is 9.78. The Balaban J connectivity index is 1.73. The van der Waals surface area contributed by atoms with E-state index in [1.165, 1.54) is 0 Å². The zero-order chi connectivity index (χ0) is 17.4. The number of benzene rings is 1. The van der Waals surface area contributed by atoms with Crippen molar-refractivity contribution in [1.29, 1.82) is 5.26 Å². The molecule has 0 saturated carbocycles. The van der Waals surface area contributed by atoms with Crippen LogP contribution in [0.5, 0.6) is 0 Å².